The minimum absolute atomic E-state index is 0.000971. The van der Waals surface area contributed by atoms with Crippen LogP contribution in [0, 0.1) is 41.7 Å². The fraction of sp³-hybridized carbons (Fsp3) is 0.750. The minimum atomic E-state index is -0.441. The first-order valence-electron chi connectivity index (χ1n) is 8.34. The van der Waals surface area contributed by atoms with Crippen LogP contribution >= 0.6 is 0 Å². The van der Waals surface area contributed by atoms with E-state index < -0.39 is 4.92 Å². The van der Waals surface area contributed by atoms with Crippen molar-refractivity contribution in [3.05, 3.63) is 21.5 Å². The van der Waals surface area contributed by atoms with Crippen LogP contribution in [0.5, 0.6) is 0 Å². The molecular weight excluding hydrogens is 296 g/mol. The van der Waals surface area contributed by atoms with Crippen LogP contribution in [0.3, 0.4) is 0 Å². The van der Waals surface area contributed by atoms with Crippen LogP contribution < -0.4 is 5.32 Å². The summed E-state index contributed by atoms with van der Waals surface area (Å²) >= 11 is 0. The molecule has 0 radical (unpaired) electrons. The van der Waals surface area contributed by atoms with Crippen LogP contribution in [0.4, 0.5) is 5.69 Å². The highest BCUT2D eigenvalue weighted by Gasteiger charge is 2.42. The second kappa shape index (κ2) is 5.94. The van der Waals surface area contributed by atoms with E-state index in [2.05, 4.69) is 17.3 Å². The van der Waals surface area contributed by atoms with E-state index in [-0.39, 0.29) is 24.2 Å². The maximum absolute atomic E-state index is 12.3. The number of rotatable bonds is 5. The molecule has 7 heteroatoms. The van der Waals surface area contributed by atoms with Gasteiger partial charge in [0.05, 0.1) is 4.92 Å². The highest BCUT2D eigenvalue weighted by molar-refractivity contribution is 5.76. The van der Waals surface area contributed by atoms with Crippen LogP contribution in [-0.2, 0) is 11.3 Å². The Labute approximate surface area is 135 Å². The van der Waals surface area contributed by atoms with E-state index in [0.717, 1.165) is 11.8 Å². The molecule has 4 atom stereocenters. The Morgan fingerprint density at radius 2 is 2.17 bits per heavy atom. The molecule has 2 fully saturated rings. The Morgan fingerprint density at radius 1 is 1.43 bits per heavy atom. The predicted molar refractivity (Wildman–Crippen MR) is 84.9 cm³/mol. The molecule has 126 valence electrons. The fourth-order valence-electron chi connectivity index (χ4n) is 4.55. The smallest absolute Gasteiger partial charge is 0.312 e. The summed E-state index contributed by atoms with van der Waals surface area (Å²) in [5, 5.41) is 18.2. The third kappa shape index (κ3) is 2.96. The van der Waals surface area contributed by atoms with Gasteiger partial charge in [-0.1, -0.05) is 6.42 Å². The Kier molecular flexibility index (Phi) is 4.12. The van der Waals surface area contributed by atoms with Crippen LogP contribution in [0.2, 0.25) is 0 Å². The molecule has 23 heavy (non-hydrogen) atoms. The van der Waals surface area contributed by atoms with Crippen molar-refractivity contribution in [2.75, 3.05) is 0 Å². The molecular formula is C16H24N4O3. The number of hydrogen-bond donors (Lipinski definition) is 1. The largest absolute Gasteiger partial charge is 0.352 e. The average Bonchev–Trinajstić information content (AvgIpc) is 3.14. The van der Waals surface area contributed by atoms with E-state index in [4.69, 9.17) is 0 Å². The van der Waals surface area contributed by atoms with Crippen LogP contribution in [-0.4, -0.2) is 26.7 Å². The van der Waals surface area contributed by atoms with Gasteiger partial charge < -0.3 is 5.32 Å². The molecule has 0 aromatic carbocycles. The molecule has 1 amide bonds. The van der Waals surface area contributed by atoms with Gasteiger partial charge in [0.25, 0.3) is 0 Å². The summed E-state index contributed by atoms with van der Waals surface area (Å²) in [5.41, 5.74) is 0.774. The first-order valence-corrected chi connectivity index (χ1v) is 8.34. The van der Waals surface area contributed by atoms with Gasteiger partial charge in [0, 0.05) is 6.04 Å². The summed E-state index contributed by atoms with van der Waals surface area (Å²) in [6.07, 6.45) is 5.17. The second-order valence-corrected chi connectivity index (χ2v) is 7.13. The molecule has 0 aliphatic heterocycles. The zero-order chi connectivity index (χ0) is 16.7. The molecule has 0 saturated heterocycles. The van der Waals surface area contributed by atoms with E-state index in [0.29, 0.717) is 17.3 Å². The Hall–Kier alpha value is -1.92. The quantitative estimate of drug-likeness (QED) is 0.666. The molecule has 1 aromatic rings. The molecule has 2 saturated carbocycles. The second-order valence-electron chi connectivity index (χ2n) is 7.13. The number of hydrogen-bond acceptors (Lipinski definition) is 4. The standard InChI is InChI=1S/C16H24N4O3/c1-9(14-7-12-4-5-13(14)6-12)17-15(21)8-19-11(3)16(20(22)23)10(2)18-19/h9,12-14H,4-8H2,1-3H3,(H,17,21)/t9-,12-,13-,14-/m1/s1. The number of aromatic nitrogens is 2. The van der Waals surface area contributed by atoms with Crippen LogP contribution in [0.15, 0.2) is 0 Å². The summed E-state index contributed by atoms with van der Waals surface area (Å²) in [6.45, 7) is 5.33. The maximum Gasteiger partial charge on any atom is 0.312 e. The fourth-order valence-corrected chi connectivity index (χ4v) is 4.55. The Balaban J connectivity index is 1.61. The SMILES string of the molecule is Cc1nn(CC(=O)N[C@H](C)[C@H]2C[C@@H]3CC[C@@H]2C3)c(C)c1[N+](=O)[O-]. The summed E-state index contributed by atoms with van der Waals surface area (Å²) < 4.78 is 1.43. The summed E-state index contributed by atoms with van der Waals surface area (Å²) in [4.78, 5) is 22.9. The van der Waals surface area contributed by atoms with Crippen molar-refractivity contribution in [1.29, 1.82) is 0 Å². The van der Waals surface area contributed by atoms with Gasteiger partial charge >= 0.3 is 5.69 Å². The highest BCUT2D eigenvalue weighted by atomic mass is 16.6. The Morgan fingerprint density at radius 3 is 2.70 bits per heavy atom. The number of carbonyl (C=O) groups is 1. The summed E-state index contributed by atoms with van der Waals surface area (Å²) in [5.74, 6) is 2.06. The first kappa shape index (κ1) is 16.0. The summed E-state index contributed by atoms with van der Waals surface area (Å²) in [6, 6.07) is 0.157. The topological polar surface area (TPSA) is 90.1 Å². The predicted octanol–water partition coefficient (Wildman–Crippen LogP) is 2.35. The van der Waals surface area contributed by atoms with E-state index in [9.17, 15) is 14.9 Å². The number of amides is 1. The number of nitrogens with zero attached hydrogens (tertiary/aromatic N) is 3. The lowest BCUT2D eigenvalue weighted by Gasteiger charge is -2.28. The van der Waals surface area contributed by atoms with Gasteiger partial charge in [0.15, 0.2) is 0 Å². The normalized spacial score (nSPS) is 27.2. The summed E-state index contributed by atoms with van der Waals surface area (Å²) in [7, 11) is 0. The molecule has 2 bridgehead atoms. The van der Waals surface area contributed by atoms with Crippen molar-refractivity contribution in [1.82, 2.24) is 15.1 Å². The molecule has 1 N–H and O–H groups in total. The first-order chi connectivity index (χ1) is 10.9. The molecule has 2 aliphatic carbocycles. The molecule has 0 unspecified atom stereocenters. The van der Waals surface area contributed by atoms with Crippen molar-refractivity contribution >= 4 is 11.6 Å². The van der Waals surface area contributed by atoms with E-state index in [1.807, 2.05) is 0 Å². The highest BCUT2D eigenvalue weighted by Crippen LogP contribution is 2.49. The van der Waals surface area contributed by atoms with Crippen molar-refractivity contribution < 1.29 is 9.72 Å². The molecule has 1 aromatic heterocycles. The minimum Gasteiger partial charge on any atom is -0.352 e. The van der Waals surface area contributed by atoms with Gasteiger partial charge in [-0.15, -0.1) is 0 Å². The number of fused-ring (bicyclic) bond motifs is 2. The Bertz CT molecular complexity index is 640. The van der Waals surface area contributed by atoms with Gasteiger partial charge in [-0.3, -0.25) is 19.6 Å². The van der Waals surface area contributed by atoms with Crippen molar-refractivity contribution in [2.24, 2.45) is 17.8 Å². The van der Waals surface area contributed by atoms with Gasteiger partial charge in [-0.05, 0) is 57.8 Å². The van der Waals surface area contributed by atoms with E-state index >= 15 is 0 Å². The van der Waals surface area contributed by atoms with E-state index in [1.165, 1.54) is 30.4 Å². The van der Waals surface area contributed by atoms with Crippen LogP contribution in [0.1, 0.15) is 44.0 Å². The van der Waals surface area contributed by atoms with Gasteiger partial charge in [0.2, 0.25) is 5.91 Å². The zero-order valence-corrected chi connectivity index (χ0v) is 13.9. The molecule has 7 nitrogen and oxygen atoms in total. The zero-order valence-electron chi connectivity index (χ0n) is 13.9. The lowest BCUT2D eigenvalue weighted by Crippen LogP contribution is -2.41. The molecule has 2 aliphatic rings. The lowest BCUT2D eigenvalue weighted by atomic mass is 9.84. The number of nitrogens with one attached hydrogen (secondary N) is 1. The third-order valence-electron chi connectivity index (χ3n) is 5.64. The lowest BCUT2D eigenvalue weighted by molar-refractivity contribution is -0.386. The van der Waals surface area contributed by atoms with Gasteiger partial charge in [-0.2, -0.15) is 5.10 Å². The molecule has 1 heterocycles. The molecule has 0 spiro atoms. The van der Waals surface area contributed by atoms with Crippen molar-refractivity contribution in [3.63, 3.8) is 0 Å². The molecule has 3 rings (SSSR count). The van der Waals surface area contributed by atoms with Crippen molar-refractivity contribution in [3.8, 4) is 0 Å². The van der Waals surface area contributed by atoms with Gasteiger partial charge in [0.1, 0.15) is 17.9 Å². The number of aryl methyl sites for hydroxylation is 1. The average molecular weight is 320 g/mol. The third-order valence-corrected chi connectivity index (χ3v) is 5.64. The number of carbonyl (C=O) groups excluding carboxylic acids is 1. The number of nitro groups is 1. The van der Waals surface area contributed by atoms with Crippen LogP contribution in [0.25, 0.3) is 0 Å². The monoisotopic (exact) mass is 320 g/mol. The van der Waals surface area contributed by atoms with E-state index in [1.54, 1.807) is 13.8 Å². The van der Waals surface area contributed by atoms with Gasteiger partial charge in [-0.25, -0.2) is 0 Å². The maximum atomic E-state index is 12.3. The van der Waals surface area contributed by atoms with Crippen molar-refractivity contribution in [2.45, 2.75) is 59.0 Å².